The van der Waals surface area contributed by atoms with Crippen molar-refractivity contribution in [2.45, 2.75) is 79.2 Å². The molecule has 1 unspecified atom stereocenters. The fourth-order valence-corrected chi connectivity index (χ4v) is 5.28. The summed E-state index contributed by atoms with van der Waals surface area (Å²) in [6.07, 6.45) is 3.62. The number of carbonyl (C=O) groups is 1. The Morgan fingerprint density at radius 3 is 2.20 bits per heavy atom. The van der Waals surface area contributed by atoms with Crippen molar-refractivity contribution in [2.24, 2.45) is 0 Å². The van der Waals surface area contributed by atoms with Gasteiger partial charge in [-0.1, -0.05) is 41.5 Å². The van der Waals surface area contributed by atoms with Crippen LogP contribution < -0.4 is 0 Å². The van der Waals surface area contributed by atoms with Gasteiger partial charge in [0.1, 0.15) is 5.83 Å². The molecule has 2 aliphatic rings. The van der Waals surface area contributed by atoms with Gasteiger partial charge in [-0.3, -0.25) is 4.90 Å². The zero-order valence-electron chi connectivity index (χ0n) is 21.7. The van der Waals surface area contributed by atoms with Crippen molar-refractivity contribution >= 4 is 5.97 Å². The van der Waals surface area contributed by atoms with Crippen LogP contribution in [0.3, 0.4) is 0 Å². The van der Waals surface area contributed by atoms with Crippen LogP contribution in [0.25, 0.3) is 11.1 Å². The van der Waals surface area contributed by atoms with Crippen molar-refractivity contribution in [3.63, 3.8) is 0 Å². The van der Waals surface area contributed by atoms with E-state index in [-0.39, 0.29) is 5.83 Å². The summed E-state index contributed by atoms with van der Waals surface area (Å²) >= 11 is 0. The molecule has 1 atom stereocenters. The third kappa shape index (κ3) is 5.41. The zero-order valence-corrected chi connectivity index (χ0v) is 21.7. The first-order chi connectivity index (χ1) is 16.4. The molecule has 0 aromatic heterocycles. The minimum absolute atomic E-state index is 0.0592. The summed E-state index contributed by atoms with van der Waals surface area (Å²) in [6.45, 7) is 14.2. The van der Waals surface area contributed by atoms with Gasteiger partial charge in [0, 0.05) is 31.6 Å². The third-order valence-corrected chi connectivity index (χ3v) is 6.99. The van der Waals surface area contributed by atoms with E-state index in [1.165, 1.54) is 16.7 Å². The number of nitrogens with zero attached hydrogens (tertiary/aromatic N) is 1. The first kappa shape index (κ1) is 25.3. The van der Waals surface area contributed by atoms with E-state index in [1.807, 2.05) is 40.7 Å². The maximum absolute atomic E-state index is 13.5. The van der Waals surface area contributed by atoms with Crippen molar-refractivity contribution in [1.82, 2.24) is 4.90 Å². The third-order valence-electron chi connectivity index (χ3n) is 6.99. The molecule has 4 rings (SSSR count). The molecule has 1 heterocycles. The number of rotatable bonds is 6. The fraction of sp³-hybridized carbons (Fsp3) is 0.433. The summed E-state index contributed by atoms with van der Waals surface area (Å²) in [5.41, 5.74) is 9.04. The minimum atomic E-state index is -1.07. The average Bonchev–Trinajstić information content (AvgIpc) is 3.21. The summed E-state index contributed by atoms with van der Waals surface area (Å²) in [5.74, 6) is -1.04. The van der Waals surface area contributed by atoms with Crippen LogP contribution in [0.1, 0.15) is 73.1 Å². The molecule has 4 nitrogen and oxygen atoms in total. The lowest BCUT2D eigenvalue weighted by molar-refractivity contribution is -0.160. The topological polar surface area (TPSA) is 49.8 Å². The second-order valence-corrected chi connectivity index (χ2v) is 10.9. The van der Waals surface area contributed by atoms with Crippen LogP contribution in [-0.2, 0) is 22.6 Å². The standard InChI is InChI=1S/C30H36FNO3/c1-18-7-11-22(12-8-18)26-19(2)24-16-32(15-21-9-13-23(31)14-10-21)17-25(24)20(3)27(26)28(29(33)34)35-30(4,5)6/h7-9,11-13,28H,10,14-17H2,1-6H3,(H,33,34). The SMILES string of the molecule is Cc1ccc(-c2c(C)c3c(c(C)c2C(OC(C)(C)C)C(=O)O)CN(CC2=CC=C(F)CC2)C3)cc1. The second-order valence-electron chi connectivity index (χ2n) is 10.9. The molecule has 0 saturated heterocycles. The molecule has 0 fully saturated rings. The Balaban J connectivity index is 1.83. The normalized spacial score (nSPS) is 17.1. The average molecular weight is 478 g/mol. The van der Waals surface area contributed by atoms with Gasteiger partial charge in [-0.15, -0.1) is 0 Å². The van der Waals surface area contributed by atoms with Crippen LogP contribution >= 0.6 is 0 Å². The van der Waals surface area contributed by atoms with Gasteiger partial charge in [-0.05, 0) is 87.4 Å². The smallest absolute Gasteiger partial charge is 0.337 e. The van der Waals surface area contributed by atoms with Gasteiger partial charge in [0.25, 0.3) is 0 Å². The Bertz CT molecular complexity index is 1200. The molecular formula is C30H36FNO3. The summed E-state index contributed by atoms with van der Waals surface area (Å²) in [4.78, 5) is 14.9. The molecular weight excluding hydrogens is 441 g/mol. The van der Waals surface area contributed by atoms with E-state index in [2.05, 4.69) is 36.1 Å². The molecule has 0 spiro atoms. The molecule has 2 aromatic rings. The van der Waals surface area contributed by atoms with Crippen molar-refractivity contribution in [2.75, 3.05) is 6.54 Å². The number of aliphatic carboxylic acids is 1. The maximum Gasteiger partial charge on any atom is 0.337 e. The summed E-state index contributed by atoms with van der Waals surface area (Å²) in [6, 6.07) is 8.28. The largest absolute Gasteiger partial charge is 0.479 e. The molecule has 186 valence electrons. The lowest BCUT2D eigenvalue weighted by Gasteiger charge is -2.30. The number of hydrogen-bond acceptors (Lipinski definition) is 3. The first-order valence-corrected chi connectivity index (χ1v) is 12.3. The van der Waals surface area contributed by atoms with Crippen molar-refractivity contribution in [3.05, 3.63) is 81.2 Å². The molecule has 5 heteroatoms. The number of aryl methyl sites for hydroxylation is 1. The van der Waals surface area contributed by atoms with Gasteiger partial charge in [0.15, 0.2) is 6.10 Å². The highest BCUT2D eigenvalue weighted by Gasteiger charge is 2.35. The molecule has 1 aliphatic carbocycles. The number of benzene rings is 2. The minimum Gasteiger partial charge on any atom is -0.479 e. The van der Waals surface area contributed by atoms with Crippen LogP contribution in [0.2, 0.25) is 0 Å². The quantitative estimate of drug-likeness (QED) is 0.482. The van der Waals surface area contributed by atoms with Crippen LogP contribution in [0.15, 0.2) is 47.8 Å². The van der Waals surface area contributed by atoms with Crippen LogP contribution in [0.4, 0.5) is 4.39 Å². The molecule has 0 amide bonds. The van der Waals surface area contributed by atoms with E-state index in [9.17, 15) is 14.3 Å². The summed E-state index contributed by atoms with van der Waals surface area (Å²) in [5, 5.41) is 10.3. The van der Waals surface area contributed by atoms with Crippen molar-refractivity contribution in [3.8, 4) is 11.1 Å². The van der Waals surface area contributed by atoms with Gasteiger partial charge in [0.2, 0.25) is 0 Å². The summed E-state index contributed by atoms with van der Waals surface area (Å²) < 4.78 is 19.6. The van der Waals surface area contributed by atoms with Gasteiger partial charge in [0.05, 0.1) is 5.60 Å². The Morgan fingerprint density at radius 2 is 1.66 bits per heavy atom. The van der Waals surface area contributed by atoms with Crippen LogP contribution in [0, 0.1) is 20.8 Å². The van der Waals surface area contributed by atoms with Gasteiger partial charge >= 0.3 is 5.97 Å². The Labute approximate surface area is 208 Å². The van der Waals surface area contributed by atoms with Crippen LogP contribution in [0.5, 0.6) is 0 Å². The molecule has 1 N–H and O–H groups in total. The monoisotopic (exact) mass is 477 g/mol. The van der Waals surface area contributed by atoms with Crippen LogP contribution in [-0.4, -0.2) is 28.1 Å². The lowest BCUT2D eigenvalue weighted by atomic mass is 9.83. The highest BCUT2D eigenvalue weighted by atomic mass is 19.1. The Hall–Kier alpha value is -2.76. The number of halogens is 1. The molecule has 35 heavy (non-hydrogen) atoms. The number of allylic oxidation sites excluding steroid dienone is 3. The highest BCUT2D eigenvalue weighted by molar-refractivity contribution is 5.84. The predicted octanol–water partition coefficient (Wildman–Crippen LogP) is 7.11. The highest BCUT2D eigenvalue weighted by Crippen LogP contribution is 2.44. The lowest BCUT2D eigenvalue weighted by Crippen LogP contribution is -2.28. The van der Waals surface area contributed by atoms with Gasteiger partial charge < -0.3 is 9.84 Å². The molecule has 1 aliphatic heterocycles. The zero-order chi connectivity index (χ0) is 25.5. The van der Waals surface area contributed by atoms with E-state index >= 15 is 0 Å². The molecule has 0 radical (unpaired) electrons. The second kappa shape index (κ2) is 9.71. The first-order valence-electron chi connectivity index (χ1n) is 12.3. The molecule has 2 aromatic carbocycles. The number of ether oxygens (including phenoxy) is 1. The fourth-order valence-electron chi connectivity index (χ4n) is 5.28. The van der Waals surface area contributed by atoms with Crippen molar-refractivity contribution in [1.29, 1.82) is 0 Å². The van der Waals surface area contributed by atoms with E-state index in [0.29, 0.717) is 6.42 Å². The van der Waals surface area contributed by atoms with Crippen molar-refractivity contribution < 1.29 is 19.0 Å². The molecule has 0 bridgehead atoms. The number of fused-ring (bicyclic) bond motifs is 1. The Morgan fingerprint density at radius 1 is 1.03 bits per heavy atom. The van der Waals surface area contributed by atoms with Gasteiger partial charge in [-0.25, -0.2) is 9.18 Å². The number of carboxylic acids is 1. The predicted molar refractivity (Wildman–Crippen MR) is 138 cm³/mol. The van der Waals surface area contributed by atoms with E-state index < -0.39 is 17.7 Å². The Kier molecular flexibility index (Phi) is 7.03. The number of carboxylic acid groups (broad SMARTS) is 1. The maximum atomic E-state index is 13.5. The summed E-state index contributed by atoms with van der Waals surface area (Å²) in [7, 11) is 0. The van der Waals surface area contributed by atoms with E-state index in [4.69, 9.17) is 4.74 Å². The number of hydrogen-bond donors (Lipinski definition) is 1. The van der Waals surface area contributed by atoms with E-state index in [0.717, 1.165) is 59.4 Å². The molecule has 0 saturated carbocycles. The van der Waals surface area contributed by atoms with Gasteiger partial charge in [-0.2, -0.15) is 0 Å². The van der Waals surface area contributed by atoms with E-state index in [1.54, 1.807) is 6.08 Å².